The Hall–Kier alpha value is -0.160. The number of hydrogen-bond donors (Lipinski definition) is 0. The first-order chi connectivity index (χ1) is 6.18. The van der Waals surface area contributed by atoms with Crippen LogP contribution in [0.5, 0.6) is 0 Å². The van der Waals surface area contributed by atoms with Crippen molar-refractivity contribution < 1.29 is 0 Å². The standard InChI is InChI=1S/C10H7BrIN/c1-6-3-2-4-9-7(6)5-8(12)10(11)13-9/h2-5H,1H3. The molecule has 13 heavy (non-hydrogen) atoms. The Kier molecular flexibility index (Phi) is 2.55. The van der Waals surface area contributed by atoms with Crippen molar-refractivity contribution in [3.05, 3.63) is 38.0 Å². The highest BCUT2D eigenvalue weighted by Gasteiger charge is 2.02. The molecule has 0 aliphatic rings. The quantitative estimate of drug-likeness (QED) is 0.520. The SMILES string of the molecule is Cc1cccc2nc(Br)c(I)cc12. The van der Waals surface area contributed by atoms with Crippen LogP contribution in [-0.2, 0) is 0 Å². The predicted molar refractivity (Wildman–Crippen MR) is 66.9 cm³/mol. The van der Waals surface area contributed by atoms with Crippen LogP contribution in [0.4, 0.5) is 0 Å². The van der Waals surface area contributed by atoms with Gasteiger partial charge >= 0.3 is 0 Å². The Bertz CT molecular complexity index is 468. The van der Waals surface area contributed by atoms with Crippen LogP contribution in [0.2, 0.25) is 0 Å². The van der Waals surface area contributed by atoms with E-state index in [1.807, 2.05) is 12.1 Å². The zero-order valence-corrected chi connectivity index (χ0v) is 10.8. The summed E-state index contributed by atoms with van der Waals surface area (Å²) in [5.74, 6) is 0. The van der Waals surface area contributed by atoms with Crippen molar-refractivity contribution in [2.75, 3.05) is 0 Å². The Morgan fingerprint density at radius 3 is 2.92 bits per heavy atom. The second-order valence-corrected chi connectivity index (χ2v) is 4.82. The Labute approximate surface area is 98.8 Å². The molecule has 0 aliphatic heterocycles. The minimum absolute atomic E-state index is 0.922. The lowest BCUT2D eigenvalue weighted by molar-refractivity contribution is 1.31. The van der Waals surface area contributed by atoms with Crippen LogP contribution < -0.4 is 0 Å². The summed E-state index contributed by atoms with van der Waals surface area (Å²) in [4.78, 5) is 4.45. The number of hydrogen-bond acceptors (Lipinski definition) is 1. The third kappa shape index (κ3) is 1.72. The normalized spacial score (nSPS) is 10.7. The van der Waals surface area contributed by atoms with Crippen molar-refractivity contribution in [1.82, 2.24) is 4.98 Å². The van der Waals surface area contributed by atoms with Gasteiger partial charge in [0.25, 0.3) is 0 Å². The number of nitrogens with zero attached hydrogens (tertiary/aromatic N) is 1. The number of aryl methyl sites for hydroxylation is 1. The molecule has 0 saturated carbocycles. The lowest BCUT2D eigenvalue weighted by Gasteiger charge is -2.02. The van der Waals surface area contributed by atoms with Crippen molar-refractivity contribution in [3.8, 4) is 0 Å². The van der Waals surface area contributed by atoms with Crippen LogP contribution in [-0.4, -0.2) is 4.98 Å². The summed E-state index contributed by atoms with van der Waals surface area (Å²) in [7, 11) is 0. The molecule has 0 amide bonds. The van der Waals surface area contributed by atoms with Crippen molar-refractivity contribution >= 4 is 49.4 Å². The first-order valence-electron chi connectivity index (χ1n) is 3.90. The molecule has 0 unspecified atom stereocenters. The fourth-order valence-corrected chi connectivity index (χ4v) is 2.03. The molecule has 2 rings (SSSR count). The van der Waals surface area contributed by atoms with E-state index < -0.39 is 0 Å². The van der Waals surface area contributed by atoms with Gasteiger partial charge in [0.1, 0.15) is 4.60 Å². The van der Waals surface area contributed by atoms with Crippen LogP contribution in [0.25, 0.3) is 10.9 Å². The lowest BCUT2D eigenvalue weighted by atomic mass is 10.1. The summed E-state index contributed by atoms with van der Waals surface area (Å²) < 4.78 is 2.07. The van der Waals surface area contributed by atoms with Crippen molar-refractivity contribution in [1.29, 1.82) is 0 Å². The molecule has 66 valence electrons. The molecule has 1 aromatic heterocycles. The van der Waals surface area contributed by atoms with Crippen molar-refractivity contribution in [2.24, 2.45) is 0 Å². The fourth-order valence-electron chi connectivity index (χ4n) is 1.30. The molecule has 0 N–H and O–H groups in total. The zero-order chi connectivity index (χ0) is 9.42. The molecular weight excluding hydrogens is 341 g/mol. The molecule has 1 heterocycles. The number of rotatable bonds is 0. The third-order valence-electron chi connectivity index (χ3n) is 1.99. The molecule has 0 atom stereocenters. The summed E-state index contributed by atoms with van der Waals surface area (Å²) in [6, 6.07) is 8.32. The fraction of sp³-hybridized carbons (Fsp3) is 0.100. The summed E-state index contributed by atoms with van der Waals surface area (Å²) in [6.45, 7) is 2.11. The highest BCUT2D eigenvalue weighted by atomic mass is 127. The van der Waals surface area contributed by atoms with Crippen LogP contribution in [0.1, 0.15) is 5.56 Å². The molecule has 0 spiro atoms. The molecule has 3 heteroatoms. The average molecular weight is 348 g/mol. The largest absolute Gasteiger partial charge is 0.240 e. The van der Waals surface area contributed by atoms with Gasteiger partial charge in [0.2, 0.25) is 0 Å². The molecule has 1 aromatic carbocycles. The molecule has 1 nitrogen and oxygen atoms in total. The van der Waals surface area contributed by atoms with E-state index in [4.69, 9.17) is 0 Å². The highest BCUT2D eigenvalue weighted by Crippen LogP contribution is 2.24. The maximum atomic E-state index is 4.45. The van der Waals surface area contributed by atoms with Gasteiger partial charge in [-0.1, -0.05) is 12.1 Å². The summed E-state index contributed by atoms with van der Waals surface area (Å²) in [6.07, 6.45) is 0. The van der Waals surface area contributed by atoms with Crippen molar-refractivity contribution in [2.45, 2.75) is 6.92 Å². The molecule has 0 radical (unpaired) electrons. The van der Waals surface area contributed by atoms with Crippen LogP contribution in [0, 0.1) is 10.5 Å². The predicted octanol–water partition coefficient (Wildman–Crippen LogP) is 3.91. The maximum Gasteiger partial charge on any atom is 0.120 e. The summed E-state index contributed by atoms with van der Waals surface area (Å²) in [5, 5.41) is 1.23. The van der Waals surface area contributed by atoms with Crippen molar-refractivity contribution in [3.63, 3.8) is 0 Å². The van der Waals surface area contributed by atoms with Gasteiger partial charge in [0, 0.05) is 8.96 Å². The van der Waals surface area contributed by atoms with E-state index in [0.29, 0.717) is 0 Å². The highest BCUT2D eigenvalue weighted by molar-refractivity contribution is 14.1. The first kappa shape index (κ1) is 9.40. The van der Waals surface area contributed by atoms with E-state index in [2.05, 4.69) is 62.6 Å². The smallest absolute Gasteiger partial charge is 0.120 e. The monoisotopic (exact) mass is 347 g/mol. The summed E-state index contributed by atoms with van der Waals surface area (Å²) >= 11 is 5.70. The molecule has 0 aliphatic carbocycles. The van der Waals surface area contributed by atoms with Gasteiger partial charge in [-0.3, -0.25) is 0 Å². The average Bonchev–Trinajstić information content (AvgIpc) is 2.09. The number of benzene rings is 1. The Morgan fingerprint density at radius 1 is 1.38 bits per heavy atom. The van der Waals surface area contributed by atoms with E-state index in [1.54, 1.807) is 0 Å². The van der Waals surface area contributed by atoms with Gasteiger partial charge in [-0.2, -0.15) is 0 Å². The van der Waals surface area contributed by atoms with E-state index >= 15 is 0 Å². The zero-order valence-electron chi connectivity index (χ0n) is 7.01. The second-order valence-electron chi connectivity index (χ2n) is 2.90. The molecule has 0 saturated heterocycles. The summed E-state index contributed by atoms with van der Waals surface area (Å²) in [5.41, 5.74) is 2.32. The topological polar surface area (TPSA) is 12.9 Å². The van der Waals surface area contributed by atoms with Gasteiger partial charge in [0.05, 0.1) is 5.52 Å². The van der Waals surface area contributed by atoms with E-state index in [9.17, 15) is 0 Å². The number of aromatic nitrogens is 1. The number of fused-ring (bicyclic) bond motifs is 1. The first-order valence-corrected chi connectivity index (χ1v) is 5.77. The van der Waals surface area contributed by atoms with Gasteiger partial charge in [-0.05, 0) is 63.1 Å². The molecule has 2 aromatic rings. The van der Waals surface area contributed by atoms with Crippen LogP contribution in [0.15, 0.2) is 28.9 Å². The van der Waals surface area contributed by atoms with Crippen LogP contribution >= 0.6 is 38.5 Å². The van der Waals surface area contributed by atoms with E-state index in [-0.39, 0.29) is 0 Å². The second kappa shape index (κ2) is 3.53. The van der Waals surface area contributed by atoms with Gasteiger partial charge in [0.15, 0.2) is 0 Å². The number of halogens is 2. The third-order valence-corrected chi connectivity index (χ3v) is 4.16. The molecule has 0 fully saturated rings. The number of pyridine rings is 1. The van der Waals surface area contributed by atoms with Gasteiger partial charge < -0.3 is 0 Å². The van der Waals surface area contributed by atoms with Crippen LogP contribution in [0.3, 0.4) is 0 Å². The lowest BCUT2D eigenvalue weighted by Crippen LogP contribution is -1.86. The minimum atomic E-state index is 0.922. The Balaban J connectivity index is 2.89. The Morgan fingerprint density at radius 2 is 2.15 bits per heavy atom. The van der Waals surface area contributed by atoms with Gasteiger partial charge in [-0.25, -0.2) is 4.98 Å². The molecular formula is C10H7BrIN. The van der Waals surface area contributed by atoms with E-state index in [1.165, 1.54) is 10.9 Å². The van der Waals surface area contributed by atoms with Gasteiger partial charge in [-0.15, -0.1) is 0 Å². The maximum absolute atomic E-state index is 4.45. The minimum Gasteiger partial charge on any atom is -0.240 e. The molecule has 0 bridgehead atoms. The van der Waals surface area contributed by atoms with E-state index in [0.717, 1.165) is 13.7 Å².